The third-order valence-corrected chi connectivity index (χ3v) is 4.02. The Labute approximate surface area is 143 Å². The summed E-state index contributed by atoms with van der Waals surface area (Å²) in [6, 6.07) is 14.6. The Bertz CT molecular complexity index is 864. The van der Waals surface area contributed by atoms with Crippen molar-refractivity contribution < 1.29 is 13.9 Å². The molecule has 0 unspecified atom stereocenters. The summed E-state index contributed by atoms with van der Waals surface area (Å²) in [4.78, 5) is 13.3. The number of hydrogen-bond acceptors (Lipinski definition) is 6. The van der Waals surface area contributed by atoms with Crippen LogP contribution < -0.4 is 10.1 Å². The Morgan fingerprint density at radius 2 is 2.00 bits per heavy atom. The zero-order valence-corrected chi connectivity index (χ0v) is 14.0. The third-order valence-electron chi connectivity index (χ3n) is 3.29. The zero-order chi connectivity index (χ0) is 16.9. The second-order valence-corrected chi connectivity index (χ2v) is 5.71. The minimum Gasteiger partial charge on any atom is -0.497 e. The number of ether oxygens (including phenoxy) is 1. The number of amides is 1. The van der Waals surface area contributed by atoms with E-state index in [1.165, 1.54) is 0 Å². The second kappa shape index (κ2) is 7.18. The molecule has 0 saturated carbocycles. The smallest absolute Gasteiger partial charge is 0.322 e. The van der Waals surface area contributed by atoms with E-state index in [0.29, 0.717) is 22.8 Å². The summed E-state index contributed by atoms with van der Waals surface area (Å²) < 4.78 is 10.7. The molecule has 122 valence electrons. The van der Waals surface area contributed by atoms with Crippen LogP contribution in [0.5, 0.6) is 5.75 Å². The van der Waals surface area contributed by atoms with Gasteiger partial charge >= 0.3 is 6.01 Å². The van der Waals surface area contributed by atoms with Gasteiger partial charge in [0, 0.05) is 16.0 Å². The molecule has 0 spiro atoms. The standard InChI is InChI=1S/C17H15N3O3S/c1-22-13-7-3-6-12(9-13)16-19-20-17(23-16)18-15(21)11-5-4-8-14(10-11)24-2/h3-10H,1-2H3,(H,18,20,21). The van der Waals surface area contributed by atoms with E-state index in [2.05, 4.69) is 15.5 Å². The molecule has 3 aromatic rings. The Morgan fingerprint density at radius 3 is 2.79 bits per heavy atom. The number of rotatable bonds is 5. The monoisotopic (exact) mass is 341 g/mol. The van der Waals surface area contributed by atoms with Gasteiger partial charge in [0.05, 0.1) is 7.11 Å². The van der Waals surface area contributed by atoms with Crippen LogP contribution >= 0.6 is 11.8 Å². The topological polar surface area (TPSA) is 77.3 Å². The van der Waals surface area contributed by atoms with Gasteiger partial charge in [-0.15, -0.1) is 16.9 Å². The highest BCUT2D eigenvalue weighted by Gasteiger charge is 2.13. The SMILES string of the molecule is COc1cccc(-c2nnc(NC(=O)c3cccc(SC)c3)o2)c1. The molecule has 0 saturated heterocycles. The van der Waals surface area contributed by atoms with Gasteiger partial charge < -0.3 is 9.15 Å². The van der Waals surface area contributed by atoms with E-state index in [4.69, 9.17) is 9.15 Å². The predicted octanol–water partition coefficient (Wildman–Crippen LogP) is 3.72. The zero-order valence-electron chi connectivity index (χ0n) is 13.1. The molecule has 0 fully saturated rings. The molecule has 1 heterocycles. The van der Waals surface area contributed by atoms with Crippen molar-refractivity contribution in [3.63, 3.8) is 0 Å². The molecule has 0 bridgehead atoms. The van der Waals surface area contributed by atoms with Gasteiger partial charge in [-0.2, -0.15) is 0 Å². The maximum absolute atomic E-state index is 12.3. The van der Waals surface area contributed by atoms with Crippen molar-refractivity contribution in [2.24, 2.45) is 0 Å². The molecular weight excluding hydrogens is 326 g/mol. The Hall–Kier alpha value is -2.80. The molecule has 0 radical (unpaired) electrons. The highest BCUT2D eigenvalue weighted by Crippen LogP contribution is 2.24. The number of methoxy groups -OCH3 is 1. The lowest BCUT2D eigenvalue weighted by atomic mass is 10.2. The summed E-state index contributed by atoms with van der Waals surface area (Å²) in [7, 11) is 1.58. The van der Waals surface area contributed by atoms with E-state index in [1.54, 1.807) is 37.1 Å². The van der Waals surface area contributed by atoms with Gasteiger partial charge in [0.15, 0.2) is 0 Å². The summed E-state index contributed by atoms with van der Waals surface area (Å²) in [5, 5.41) is 10.4. The largest absolute Gasteiger partial charge is 0.497 e. The molecule has 6 nitrogen and oxygen atoms in total. The van der Waals surface area contributed by atoms with E-state index in [0.717, 1.165) is 4.90 Å². The lowest BCUT2D eigenvalue weighted by molar-refractivity contribution is 0.102. The van der Waals surface area contributed by atoms with Crippen LogP contribution in [0.1, 0.15) is 10.4 Å². The average Bonchev–Trinajstić information content (AvgIpc) is 3.10. The molecule has 2 aromatic carbocycles. The number of hydrogen-bond donors (Lipinski definition) is 1. The number of anilines is 1. The van der Waals surface area contributed by atoms with Crippen molar-refractivity contribution in [1.82, 2.24) is 10.2 Å². The molecule has 24 heavy (non-hydrogen) atoms. The van der Waals surface area contributed by atoms with Crippen molar-refractivity contribution >= 4 is 23.7 Å². The normalized spacial score (nSPS) is 10.4. The highest BCUT2D eigenvalue weighted by atomic mass is 32.2. The number of carbonyl (C=O) groups is 1. The van der Waals surface area contributed by atoms with Gasteiger partial charge in [-0.05, 0) is 42.7 Å². The van der Waals surface area contributed by atoms with Crippen molar-refractivity contribution in [2.75, 3.05) is 18.7 Å². The molecule has 1 aromatic heterocycles. The molecule has 1 amide bonds. The van der Waals surface area contributed by atoms with Crippen LogP contribution in [0.3, 0.4) is 0 Å². The molecule has 0 aliphatic carbocycles. The second-order valence-electron chi connectivity index (χ2n) is 4.83. The van der Waals surface area contributed by atoms with Gasteiger partial charge in [-0.3, -0.25) is 10.1 Å². The van der Waals surface area contributed by atoms with Crippen molar-refractivity contribution in [3.05, 3.63) is 54.1 Å². The fourth-order valence-corrected chi connectivity index (χ4v) is 2.54. The molecule has 0 atom stereocenters. The first-order chi connectivity index (χ1) is 11.7. The Kier molecular flexibility index (Phi) is 4.81. The summed E-state index contributed by atoms with van der Waals surface area (Å²) in [6.07, 6.45) is 1.95. The minimum atomic E-state index is -0.299. The number of carbonyl (C=O) groups excluding carboxylic acids is 1. The Morgan fingerprint density at radius 1 is 1.17 bits per heavy atom. The highest BCUT2D eigenvalue weighted by molar-refractivity contribution is 7.98. The fraction of sp³-hybridized carbons (Fsp3) is 0.118. The number of nitrogens with one attached hydrogen (secondary N) is 1. The van der Waals surface area contributed by atoms with Gasteiger partial charge in [-0.1, -0.05) is 17.2 Å². The van der Waals surface area contributed by atoms with Gasteiger partial charge in [0.25, 0.3) is 5.91 Å². The first-order valence-electron chi connectivity index (χ1n) is 7.13. The van der Waals surface area contributed by atoms with E-state index in [9.17, 15) is 4.79 Å². The van der Waals surface area contributed by atoms with Crippen LogP contribution in [-0.2, 0) is 0 Å². The van der Waals surface area contributed by atoms with Crippen LogP contribution in [0.4, 0.5) is 6.01 Å². The summed E-state index contributed by atoms with van der Waals surface area (Å²) >= 11 is 1.57. The number of benzene rings is 2. The Balaban J connectivity index is 1.77. The number of thioether (sulfide) groups is 1. The van der Waals surface area contributed by atoms with E-state index < -0.39 is 0 Å². The van der Waals surface area contributed by atoms with Crippen molar-refractivity contribution in [1.29, 1.82) is 0 Å². The van der Waals surface area contributed by atoms with Crippen molar-refractivity contribution in [3.8, 4) is 17.2 Å². The number of aromatic nitrogens is 2. The van der Waals surface area contributed by atoms with Crippen LogP contribution in [-0.4, -0.2) is 29.5 Å². The van der Waals surface area contributed by atoms with Crippen LogP contribution in [0, 0.1) is 0 Å². The maximum atomic E-state index is 12.3. The van der Waals surface area contributed by atoms with Crippen LogP contribution in [0.15, 0.2) is 57.8 Å². The lowest BCUT2D eigenvalue weighted by Crippen LogP contribution is -2.12. The van der Waals surface area contributed by atoms with Crippen LogP contribution in [0.2, 0.25) is 0 Å². The van der Waals surface area contributed by atoms with Gasteiger partial charge in [-0.25, -0.2) is 0 Å². The van der Waals surface area contributed by atoms with E-state index in [-0.39, 0.29) is 11.9 Å². The molecule has 3 rings (SSSR count). The lowest BCUT2D eigenvalue weighted by Gasteiger charge is -2.02. The van der Waals surface area contributed by atoms with Crippen molar-refractivity contribution in [2.45, 2.75) is 4.90 Å². The summed E-state index contributed by atoms with van der Waals surface area (Å²) in [5.41, 5.74) is 1.25. The summed E-state index contributed by atoms with van der Waals surface area (Å²) in [5.74, 6) is 0.693. The van der Waals surface area contributed by atoms with Crippen LogP contribution in [0.25, 0.3) is 11.5 Å². The molecular formula is C17H15N3O3S. The first kappa shape index (κ1) is 16.1. The molecule has 0 aliphatic heterocycles. The minimum absolute atomic E-state index is 0.0485. The van der Waals surface area contributed by atoms with Gasteiger partial charge in [0.1, 0.15) is 5.75 Å². The fourth-order valence-electron chi connectivity index (χ4n) is 2.08. The van der Waals surface area contributed by atoms with E-state index >= 15 is 0 Å². The molecule has 0 aliphatic rings. The summed E-state index contributed by atoms with van der Waals surface area (Å²) in [6.45, 7) is 0. The predicted molar refractivity (Wildman–Crippen MR) is 92.5 cm³/mol. The maximum Gasteiger partial charge on any atom is 0.322 e. The van der Waals surface area contributed by atoms with E-state index in [1.807, 2.05) is 36.6 Å². The third kappa shape index (κ3) is 3.57. The number of nitrogens with zero attached hydrogens (tertiary/aromatic N) is 2. The quantitative estimate of drug-likeness (QED) is 0.713. The van der Waals surface area contributed by atoms with Gasteiger partial charge in [0.2, 0.25) is 5.89 Å². The molecule has 7 heteroatoms. The average molecular weight is 341 g/mol. The molecule has 1 N–H and O–H groups in total. The first-order valence-corrected chi connectivity index (χ1v) is 8.35.